The van der Waals surface area contributed by atoms with Crippen LogP contribution in [0.15, 0.2) is 24.3 Å². The van der Waals surface area contributed by atoms with Gasteiger partial charge in [-0.15, -0.1) is 0 Å². The molecule has 2 rings (SSSR count). The Labute approximate surface area is 97.3 Å². The van der Waals surface area contributed by atoms with E-state index in [1.165, 1.54) is 6.42 Å². The summed E-state index contributed by atoms with van der Waals surface area (Å²) >= 11 is 0. The van der Waals surface area contributed by atoms with Gasteiger partial charge in [0.15, 0.2) is 0 Å². The Morgan fingerprint density at radius 2 is 2.00 bits per heavy atom. The summed E-state index contributed by atoms with van der Waals surface area (Å²) in [6.07, 6.45) is 3.80. The van der Waals surface area contributed by atoms with Gasteiger partial charge < -0.3 is 9.84 Å². The number of rotatable bonds is 2. The van der Waals surface area contributed by atoms with E-state index < -0.39 is 0 Å². The van der Waals surface area contributed by atoms with Crippen LogP contribution < -0.4 is 4.74 Å². The van der Waals surface area contributed by atoms with Gasteiger partial charge in [-0.05, 0) is 43.2 Å². The number of phenolic OH excluding ortho intramolecular Hbond substituents is 1. The molecule has 0 radical (unpaired) electrons. The number of phenols is 1. The Balaban J connectivity index is 1.95. The molecule has 0 aromatic heterocycles. The maximum absolute atomic E-state index is 9.36. The monoisotopic (exact) mass is 220 g/mol. The molecule has 1 fully saturated rings. The summed E-state index contributed by atoms with van der Waals surface area (Å²) in [5, 5.41) is 9.36. The van der Waals surface area contributed by atoms with E-state index in [1.54, 1.807) is 12.1 Å². The Bertz CT molecular complexity index is 348. The number of aromatic hydroxyl groups is 1. The van der Waals surface area contributed by atoms with Gasteiger partial charge >= 0.3 is 0 Å². The first-order valence-electron chi connectivity index (χ1n) is 6.11. The normalized spacial score (nSPS) is 30.0. The van der Waals surface area contributed by atoms with Crippen molar-refractivity contribution in [3.05, 3.63) is 24.3 Å². The Kier molecular flexibility index (Phi) is 3.37. The molecule has 0 bridgehead atoms. The van der Waals surface area contributed by atoms with Crippen LogP contribution in [0.3, 0.4) is 0 Å². The lowest BCUT2D eigenvalue weighted by molar-refractivity contribution is 0.100. The molecule has 1 aliphatic carbocycles. The molecule has 2 nitrogen and oxygen atoms in total. The van der Waals surface area contributed by atoms with E-state index >= 15 is 0 Å². The van der Waals surface area contributed by atoms with Crippen LogP contribution in [-0.4, -0.2) is 11.2 Å². The zero-order chi connectivity index (χ0) is 11.5. The van der Waals surface area contributed by atoms with Crippen molar-refractivity contribution in [1.29, 1.82) is 0 Å². The van der Waals surface area contributed by atoms with E-state index in [-0.39, 0.29) is 5.75 Å². The third-order valence-electron chi connectivity index (χ3n) is 3.67. The summed E-state index contributed by atoms with van der Waals surface area (Å²) in [7, 11) is 0. The van der Waals surface area contributed by atoms with E-state index in [4.69, 9.17) is 4.74 Å². The van der Waals surface area contributed by atoms with Crippen molar-refractivity contribution in [3.63, 3.8) is 0 Å². The number of benzene rings is 1. The van der Waals surface area contributed by atoms with Crippen LogP contribution in [0.5, 0.6) is 11.5 Å². The van der Waals surface area contributed by atoms with E-state index in [1.807, 2.05) is 12.1 Å². The largest absolute Gasteiger partial charge is 0.508 e. The molecule has 2 heteroatoms. The van der Waals surface area contributed by atoms with Gasteiger partial charge in [0.05, 0.1) is 6.10 Å². The zero-order valence-corrected chi connectivity index (χ0v) is 10.0. The lowest BCUT2D eigenvalue weighted by Gasteiger charge is -2.32. The predicted molar refractivity (Wildman–Crippen MR) is 64.7 cm³/mol. The fourth-order valence-corrected chi connectivity index (χ4v) is 2.35. The highest BCUT2D eigenvalue weighted by molar-refractivity contribution is 5.31. The third-order valence-corrected chi connectivity index (χ3v) is 3.67. The SMILES string of the molecule is CC1CCC(Oc2cccc(O)c2)CC1C. The van der Waals surface area contributed by atoms with Crippen LogP contribution in [-0.2, 0) is 0 Å². The van der Waals surface area contributed by atoms with Gasteiger partial charge in [0.1, 0.15) is 11.5 Å². The van der Waals surface area contributed by atoms with Crippen molar-refractivity contribution in [2.75, 3.05) is 0 Å². The first-order chi connectivity index (χ1) is 7.65. The fourth-order valence-electron chi connectivity index (χ4n) is 2.35. The lowest BCUT2D eigenvalue weighted by atomic mass is 9.80. The standard InChI is InChI=1S/C14H20O2/c1-10-6-7-14(8-11(10)2)16-13-5-3-4-12(15)9-13/h3-5,9-11,14-15H,6-8H2,1-2H3. The van der Waals surface area contributed by atoms with Crippen molar-refractivity contribution in [2.24, 2.45) is 11.8 Å². The van der Waals surface area contributed by atoms with Crippen LogP contribution >= 0.6 is 0 Å². The summed E-state index contributed by atoms with van der Waals surface area (Å²) in [5.41, 5.74) is 0. The minimum absolute atomic E-state index is 0.273. The summed E-state index contributed by atoms with van der Waals surface area (Å²) in [6, 6.07) is 7.07. The molecule has 1 N–H and O–H groups in total. The molecule has 0 spiro atoms. The molecule has 1 aromatic carbocycles. The van der Waals surface area contributed by atoms with Gasteiger partial charge in [0.25, 0.3) is 0 Å². The summed E-state index contributed by atoms with van der Waals surface area (Å²) in [6.45, 7) is 4.61. The van der Waals surface area contributed by atoms with Crippen molar-refractivity contribution in [3.8, 4) is 11.5 Å². The molecule has 1 saturated carbocycles. The van der Waals surface area contributed by atoms with Crippen LogP contribution in [0.25, 0.3) is 0 Å². The Morgan fingerprint density at radius 3 is 2.69 bits per heavy atom. The minimum atomic E-state index is 0.273. The Hall–Kier alpha value is -1.18. The predicted octanol–water partition coefficient (Wildman–Crippen LogP) is 3.60. The summed E-state index contributed by atoms with van der Waals surface area (Å²) < 4.78 is 5.89. The minimum Gasteiger partial charge on any atom is -0.508 e. The van der Waals surface area contributed by atoms with E-state index in [9.17, 15) is 5.11 Å². The average Bonchev–Trinajstić information content (AvgIpc) is 2.24. The van der Waals surface area contributed by atoms with Crippen molar-refractivity contribution >= 4 is 0 Å². The number of hydrogen-bond acceptors (Lipinski definition) is 2. The summed E-state index contributed by atoms with van der Waals surface area (Å²) in [5.74, 6) is 2.60. The first kappa shape index (κ1) is 11.3. The highest BCUT2D eigenvalue weighted by Gasteiger charge is 2.25. The number of hydrogen-bond donors (Lipinski definition) is 1. The van der Waals surface area contributed by atoms with Gasteiger partial charge in [0, 0.05) is 6.07 Å². The third kappa shape index (κ3) is 2.69. The second-order valence-corrected chi connectivity index (χ2v) is 5.00. The van der Waals surface area contributed by atoms with E-state index in [2.05, 4.69) is 13.8 Å². The number of ether oxygens (including phenoxy) is 1. The highest BCUT2D eigenvalue weighted by atomic mass is 16.5. The van der Waals surface area contributed by atoms with Gasteiger partial charge in [-0.2, -0.15) is 0 Å². The van der Waals surface area contributed by atoms with Crippen LogP contribution in [0.2, 0.25) is 0 Å². The van der Waals surface area contributed by atoms with Crippen LogP contribution in [0.1, 0.15) is 33.1 Å². The molecule has 3 unspecified atom stereocenters. The smallest absolute Gasteiger partial charge is 0.123 e. The first-order valence-corrected chi connectivity index (χ1v) is 6.11. The van der Waals surface area contributed by atoms with Crippen LogP contribution in [0, 0.1) is 11.8 Å². The second-order valence-electron chi connectivity index (χ2n) is 5.00. The topological polar surface area (TPSA) is 29.5 Å². The molecule has 0 saturated heterocycles. The highest BCUT2D eigenvalue weighted by Crippen LogP contribution is 2.32. The summed E-state index contributed by atoms with van der Waals surface area (Å²) in [4.78, 5) is 0. The van der Waals surface area contributed by atoms with Gasteiger partial charge in [-0.1, -0.05) is 19.9 Å². The maximum Gasteiger partial charge on any atom is 0.123 e. The molecule has 1 aromatic rings. The van der Waals surface area contributed by atoms with E-state index in [0.29, 0.717) is 6.10 Å². The van der Waals surface area contributed by atoms with Crippen molar-refractivity contribution in [2.45, 2.75) is 39.2 Å². The van der Waals surface area contributed by atoms with Crippen molar-refractivity contribution < 1.29 is 9.84 Å². The maximum atomic E-state index is 9.36. The lowest BCUT2D eigenvalue weighted by Crippen LogP contribution is -2.28. The fraction of sp³-hybridized carbons (Fsp3) is 0.571. The molecule has 1 aliphatic rings. The van der Waals surface area contributed by atoms with Gasteiger partial charge in [-0.3, -0.25) is 0 Å². The van der Waals surface area contributed by atoms with E-state index in [0.717, 1.165) is 30.4 Å². The second kappa shape index (κ2) is 4.77. The van der Waals surface area contributed by atoms with Crippen LogP contribution in [0.4, 0.5) is 0 Å². The molecule has 0 amide bonds. The molecule has 88 valence electrons. The van der Waals surface area contributed by atoms with Crippen molar-refractivity contribution in [1.82, 2.24) is 0 Å². The quantitative estimate of drug-likeness (QED) is 0.825. The molecule has 16 heavy (non-hydrogen) atoms. The Morgan fingerprint density at radius 1 is 1.19 bits per heavy atom. The van der Waals surface area contributed by atoms with Gasteiger partial charge in [0.2, 0.25) is 0 Å². The molecular formula is C14H20O2. The van der Waals surface area contributed by atoms with Gasteiger partial charge in [-0.25, -0.2) is 0 Å². The molecular weight excluding hydrogens is 200 g/mol. The zero-order valence-electron chi connectivity index (χ0n) is 10.0. The molecule has 3 atom stereocenters. The average molecular weight is 220 g/mol. The molecule has 0 heterocycles. The molecule has 0 aliphatic heterocycles.